The van der Waals surface area contributed by atoms with Gasteiger partial charge < -0.3 is 15.0 Å². The van der Waals surface area contributed by atoms with Crippen LogP contribution in [-0.4, -0.2) is 42.3 Å². The highest BCUT2D eigenvalue weighted by molar-refractivity contribution is 5.75. The Balaban J connectivity index is 2.57. The van der Waals surface area contributed by atoms with Crippen molar-refractivity contribution >= 4 is 6.03 Å². The Morgan fingerprint density at radius 1 is 1.56 bits per heavy atom. The minimum absolute atomic E-state index is 0.0221. The van der Waals surface area contributed by atoms with Gasteiger partial charge in [0.2, 0.25) is 0 Å². The summed E-state index contributed by atoms with van der Waals surface area (Å²) in [7, 11) is 0. The summed E-state index contributed by atoms with van der Waals surface area (Å²) in [5, 5.41) is 2.96. The minimum atomic E-state index is -0.215. The molecule has 0 aromatic heterocycles. The number of morpholine rings is 1. The molecule has 0 spiro atoms. The van der Waals surface area contributed by atoms with Crippen molar-refractivity contribution in [2.75, 3.05) is 19.7 Å². The third kappa shape index (κ3) is 3.37. The number of carbonyl (C=O) groups is 1. The van der Waals surface area contributed by atoms with Gasteiger partial charge in [-0.2, -0.15) is 0 Å². The van der Waals surface area contributed by atoms with E-state index in [1.54, 1.807) is 0 Å². The molecule has 1 N–H and O–H groups in total. The van der Waals surface area contributed by atoms with E-state index in [0.717, 1.165) is 6.54 Å². The van der Waals surface area contributed by atoms with Gasteiger partial charge in [-0.15, -0.1) is 0 Å². The molecule has 1 fully saturated rings. The molecule has 1 heterocycles. The van der Waals surface area contributed by atoms with E-state index in [1.165, 1.54) is 0 Å². The van der Waals surface area contributed by atoms with Crippen LogP contribution in [0.5, 0.6) is 0 Å². The van der Waals surface area contributed by atoms with Crippen LogP contribution in [0.2, 0.25) is 0 Å². The first kappa shape index (κ1) is 13.3. The number of rotatable bonds is 2. The van der Waals surface area contributed by atoms with E-state index in [9.17, 15) is 4.79 Å². The zero-order valence-corrected chi connectivity index (χ0v) is 11.0. The summed E-state index contributed by atoms with van der Waals surface area (Å²) >= 11 is 0. The lowest BCUT2D eigenvalue weighted by Gasteiger charge is -2.44. The van der Waals surface area contributed by atoms with Gasteiger partial charge in [-0.3, -0.25) is 0 Å². The molecule has 0 saturated carbocycles. The average Bonchev–Trinajstić information content (AvgIpc) is 2.18. The summed E-state index contributed by atoms with van der Waals surface area (Å²) in [6.07, 6.45) is 0.123. The monoisotopic (exact) mass is 228 g/mol. The van der Waals surface area contributed by atoms with Gasteiger partial charge in [0.25, 0.3) is 0 Å². The highest BCUT2D eigenvalue weighted by Gasteiger charge is 2.36. The number of nitrogens with zero attached hydrogens (tertiary/aromatic N) is 1. The first-order chi connectivity index (χ1) is 7.33. The fourth-order valence-corrected chi connectivity index (χ4v) is 1.73. The lowest BCUT2D eigenvalue weighted by atomic mass is 10.0. The third-order valence-corrected chi connectivity index (χ3v) is 2.80. The number of hydrogen-bond donors (Lipinski definition) is 1. The van der Waals surface area contributed by atoms with Gasteiger partial charge in [-0.05, 0) is 26.7 Å². The molecule has 4 heteroatoms. The van der Waals surface area contributed by atoms with Crippen molar-refractivity contribution in [3.05, 3.63) is 0 Å². The van der Waals surface area contributed by atoms with Gasteiger partial charge in [-0.1, -0.05) is 13.8 Å². The molecule has 1 aliphatic rings. The summed E-state index contributed by atoms with van der Waals surface area (Å²) in [4.78, 5) is 13.9. The van der Waals surface area contributed by atoms with Crippen LogP contribution < -0.4 is 5.32 Å². The van der Waals surface area contributed by atoms with E-state index in [2.05, 4.69) is 19.2 Å². The summed E-state index contributed by atoms with van der Waals surface area (Å²) in [5.74, 6) is 0.477. The average molecular weight is 228 g/mol. The Labute approximate surface area is 98.3 Å². The fraction of sp³-hybridized carbons (Fsp3) is 0.917. The van der Waals surface area contributed by atoms with E-state index >= 15 is 0 Å². The lowest BCUT2D eigenvalue weighted by Crippen LogP contribution is -2.60. The summed E-state index contributed by atoms with van der Waals surface area (Å²) in [5.41, 5.74) is -0.215. The van der Waals surface area contributed by atoms with Crippen LogP contribution in [0.15, 0.2) is 0 Å². The maximum Gasteiger partial charge on any atom is 0.318 e. The van der Waals surface area contributed by atoms with Crippen LogP contribution in [0.4, 0.5) is 4.79 Å². The van der Waals surface area contributed by atoms with Crippen molar-refractivity contribution in [1.29, 1.82) is 0 Å². The highest BCUT2D eigenvalue weighted by Crippen LogP contribution is 2.21. The second kappa shape index (κ2) is 5.04. The number of amides is 2. The molecule has 0 aromatic rings. The maximum atomic E-state index is 12.0. The quantitative estimate of drug-likeness (QED) is 0.783. The molecule has 0 radical (unpaired) electrons. The molecule has 1 atom stereocenters. The van der Waals surface area contributed by atoms with Gasteiger partial charge in [0.15, 0.2) is 0 Å². The second-order valence-electron chi connectivity index (χ2n) is 5.62. The van der Waals surface area contributed by atoms with Crippen molar-refractivity contribution in [2.24, 2.45) is 5.92 Å². The Morgan fingerprint density at radius 2 is 2.19 bits per heavy atom. The molecule has 94 valence electrons. The van der Waals surface area contributed by atoms with Crippen molar-refractivity contribution in [1.82, 2.24) is 10.2 Å². The largest absolute Gasteiger partial charge is 0.374 e. The van der Waals surface area contributed by atoms with Gasteiger partial charge in [0, 0.05) is 13.1 Å². The first-order valence-corrected chi connectivity index (χ1v) is 6.00. The third-order valence-electron chi connectivity index (χ3n) is 2.80. The number of nitrogens with one attached hydrogen (secondary N) is 1. The van der Waals surface area contributed by atoms with E-state index in [4.69, 9.17) is 4.74 Å². The summed E-state index contributed by atoms with van der Waals surface area (Å²) < 4.78 is 5.58. The first-order valence-electron chi connectivity index (χ1n) is 6.00. The van der Waals surface area contributed by atoms with Crippen LogP contribution >= 0.6 is 0 Å². The highest BCUT2D eigenvalue weighted by atomic mass is 16.5. The van der Waals surface area contributed by atoms with Gasteiger partial charge in [0.1, 0.15) is 0 Å². The molecule has 1 unspecified atom stereocenters. The Kier molecular flexibility index (Phi) is 4.19. The maximum absolute atomic E-state index is 12.0. The molecule has 16 heavy (non-hydrogen) atoms. The lowest BCUT2D eigenvalue weighted by molar-refractivity contribution is -0.0707. The molecular formula is C12H24N2O2. The molecule has 1 saturated heterocycles. The number of carbonyl (C=O) groups excluding carboxylic acids is 1. The Bertz CT molecular complexity index is 251. The van der Waals surface area contributed by atoms with Crippen molar-refractivity contribution in [2.45, 2.75) is 46.3 Å². The Hall–Kier alpha value is -0.770. The smallest absolute Gasteiger partial charge is 0.318 e. The topological polar surface area (TPSA) is 41.6 Å². The number of urea groups is 1. The number of ether oxygens (including phenoxy) is 1. The molecule has 0 aromatic carbocycles. The fourth-order valence-electron chi connectivity index (χ4n) is 1.73. The predicted molar refractivity (Wildman–Crippen MR) is 64.4 cm³/mol. The molecular weight excluding hydrogens is 204 g/mol. The molecule has 1 aliphatic heterocycles. The van der Waals surface area contributed by atoms with Crippen molar-refractivity contribution < 1.29 is 9.53 Å². The van der Waals surface area contributed by atoms with Gasteiger partial charge in [-0.25, -0.2) is 4.79 Å². The zero-order valence-electron chi connectivity index (χ0n) is 11.0. The van der Waals surface area contributed by atoms with Crippen molar-refractivity contribution in [3.63, 3.8) is 0 Å². The predicted octanol–water partition coefficient (Wildman–Crippen LogP) is 1.85. The van der Waals surface area contributed by atoms with Gasteiger partial charge >= 0.3 is 6.03 Å². The molecule has 0 bridgehead atoms. The van der Waals surface area contributed by atoms with E-state index in [-0.39, 0.29) is 17.7 Å². The molecule has 2 amide bonds. The van der Waals surface area contributed by atoms with E-state index < -0.39 is 0 Å². The summed E-state index contributed by atoms with van der Waals surface area (Å²) in [6.45, 7) is 12.2. The summed E-state index contributed by atoms with van der Waals surface area (Å²) in [6, 6.07) is 0.0221. The van der Waals surface area contributed by atoms with Gasteiger partial charge in [0.05, 0.1) is 18.2 Å². The van der Waals surface area contributed by atoms with E-state index in [1.807, 2.05) is 25.7 Å². The van der Waals surface area contributed by atoms with Crippen LogP contribution in [0.1, 0.15) is 34.6 Å². The standard InChI is InChI=1S/C12H24N2O2/c1-9(2)6-13-11(15)14-7-10(3)16-8-12(14,4)5/h9-10H,6-8H2,1-5H3,(H,13,15). The minimum Gasteiger partial charge on any atom is -0.374 e. The SMILES string of the molecule is CC(C)CNC(=O)N1CC(C)OCC1(C)C. The van der Waals surface area contributed by atoms with Crippen LogP contribution in [0, 0.1) is 5.92 Å². The second-order valence-corrected chi connectivity index (χ2v) is 5.62. The van der Waals surface area contributed by atoms with Crippen LogP contribution in [0.25, 0.3) is 0 Å². The zero-order chi connectivity index (χ0) is 12.3. The van der Waals surface area contributed by atoms with E-state index in [0.29, 0.717) is 19.1 Å². The van der Waals surface area contributed by atoms with Crippen molar-refractivity contribution in [3.8, 4) is 0 Å². The number of hydrogen-bond acceptors (Lipinski definition) is 2. The molecule has 0 aliphatic carbocycles. The molecule has 1 rings (SSSR count). The van der Waals surface area contributed by atoms with Crippen LogP contribution in [-0.2, 0) is 4.74 Å². The molecule has 4 nitrogen and oxygen atoms in total. The Morgan fingerprint density at radius 3 is 2.75 bits per heavy atom. The van der Waals surface area contributed by atoms with Crippen LogP contribution in [0.3, 0.4) is 0 Å². The normalized spacial score (nSPS) is 24.6.